The molecule has 128 valence electrons. The predicted molar refractivity (Wildman–Crippen MR) is 96.9 cm³/mol. The van der Waals surface area contributed by atoms with Crippen molar-refractivity contribution in [1.29, 1.82) is 0 Å². The van der Waals surface area contributed by atoms with Crippen LogP contribution in [-0.2, 0) is 4.79 Å². The molecular formula is C18H28N2O2S. The molecule has 1 aromatic rings. The van der Waals surface area contributed by atoms with Gasteiger partial charge in [0.25, 0.3) is 0 Å². The van der Waals surface area contributed by atoms with E-state index in [2.05, 4.69) is 24.8 Å². The molecule has 2 rings (SSSR count). The number of amides is 1. The summed E-state index contributed by atoms with van der Waals surface area (Å²) >= 11 is 1.70. The van der Waals surface area contributed by atoms with E-state index < -0.39 is 0 Å². The summed E-state index contributed by atoms with van der Waals surface area (Å²) in [5.74, 6) is 1.71. The summed E-state index contributed by atoms with van der Waals surface area (Å²) in [6.45, 7) is 11.0. The molecule has 1 heterocycles. The quantitative estimate of drug-likeness (QED) is 0.692. The molecule has 0 radical (unpaired) electrons. The molecule has 0 bridgehead atoms. The van der Waals surface area contributed by atoms with Crippen molar-refractivity contribution in [1.82, 2.24) is 9.80 Å². The van der Waals surface area contributed by atoms with Crippen LogP contribution in [0.5, 0.6) is 5.75 Å². The van der Waals surface area contributed by atoms with Crippen molar-refractivity contribution in [2.75, 3.05) is 38.5 Å². The van der Waals surface area contributed by atoms with Gasteiger partial charge in [0.2, 0.25) is 5.91 Å². The second-order valence-electron chi connectivity index (χ2n) is 5.60. The van der Waals surface area contributed by atoms with Crippen LogP contribution in [0.25, 0.3) is 0 Å². The van der Waals surface area contributed by atoms with Gasteiger partial charge in [-0.2, -0.15) is 0 Å². The molecule has 0 aliphatic carbocycles. The highest BCUT2D eigenvalue weighted by Gasteiger charge is 2.34. The monoisotopic (exact) mass is 336 g/mol. The lowest BCUT2D eigenvalue weighted by Crippen LogP contribution is -2.32. The van der Waals surface area contributed by atoms with Crippen LogP contribution in [-0.4, -0.2) is 54.2 Å². The summed E-state index contributed by atoms with van der Waals surface area (Å²) in [6, 6.07) is 8.09. The summed E-state index contributed by atoms with van der Waals surface area (Å²) in [5, 5.41) is 0.0851. The Bertz CT molecular complexity index is 506. The summed E-state index contributed by atoms with van der Waals surface area (Å²) in [6.07, 6.45) is 1.02. The largest absolute Gasteiger partial charge is 0.493 e. The van der Waals surface area contributed by atoms with Gasteiger partial charge in [-0.05, 0) is 39.0 Å². The molecule has 1 fully saturated rings. The Kier molecular flexibility index (Phi) is 7.24. The molecular weight excluding hydrogens is 308 g/mol. The number of carbonyl (C=O) groups is 1. The third kappa shape index (κ3) is 4.64. The molecule has 1 saturated heterocycles. The average Bonchev–Trinajstić information content (AvgIpc) is 2.93. The van der Waals surface area contributed by atoms with Crippen molar-refractivity contribution in [3.8, 4) is 5.75 Å². The molecule has 4 nitrogen and oxygen atoms in total. The van der Waals surface area contributed by atoms with Crippen molar-refractivity contribution in [3.63, 3.8) is 0 Å². The van der Waals surface area contributed by atoms with Crippen molar-refractivity contribution >= 4 is 17.7 Å². The second kappa shape index (κ2) is 9.18. The molecule has 1 atom stereocenters. The SMILES string of the molecule is CCOc1ccccc1C1SCC(=O)N1CCCN(CC)CC. The minimum absolute atomic E-state index is 0.0851. The smallest absolute Gasteiger partial charge is 0.233 e. The van der Waals surface area contributed by atoms with Crippen LogP contribution >= 0.6 is 11.8 Å². The van der Waals surface area contributed by atoms with Gasteiger partial charge in [-0.25, -0.2) is 0 Å². The molecule has 1 aromatic carbocycles. The average molecular weight is 337 g/mol. The van der Waals surface area contributed by atoms with Gasteiger partial charge in [-0.1, -0.05) is 32.0 Å². The normalized spacial score (nSPS) is 18.0. The summed E-state index contributed by atoms with van der Waals surface area (Å²) < 4.78 is 5.75. The van der Waals surface area contributed by atoms with E-state index in [1.54, 1.807) is 11.8 Å². The maximum atomic E-state index is 12.3. The number of rotatable bonds is 9. The summed E-state index contributed by atoms with van der Waals surface area (Å²) in [5.41, 5.74) is 1.12. The van der Waals surface area contributed by atoms with Gasteiger partial charge < -0.3 is 14.5 Å². The molecule has 0 N–H and O–H groups in total. The summed E-state index contributed by atoms with van der Waals surface area (Å²) in [4.78, 5) is 16.7. The number of nitrogens with zero attached hydrogens (tertiary/aromatic N) is 2. The number of ether oxygens (including phenoxy) is 1. The first-order chi connectivity index (χ1) is 11.2. The molecule has 0 aromatic heterocycles. The van der Waals surface area contributed by atoms with Gasteiger partial charge in [0, 0.05) is 12.1 Å². The number of benzene rings is 1. The first-order valence-corrected chi connectivity index (χ1v) is 9.61. The van der Waals surface area contributed by atoms with Crippen LogP contribution in [0.15, 0.2) is 24.3 Å². The Labute approximate surface area is 144 Å². The van der Waals surface area contributed by atoms with Gasteiger partial charge in [0.15, 0.2) is 0 Å². The zero-order valence-corrected chi connectivity index (χ0v) is 15.3. The van der Waals surface area contributed by atoms with Crippen LogP contribution in [0.1, 0.15) is 38.1 Å². The van der Waals surface area contributed by atoms with Gasteiger partial charge >= 0.3 is 0 Å². The molecule has 23 heavy (non-hydrogen) atoms. The van der Waals surface area contributed by atoms with Crippen LogP contribution in [0, 0.1) is 0 Å². The highest BCUT2D eigenvalue weighted by Crippen LogP contribution is 2.42. The Balaban J connectivity index is 2.05. The zero-order valence-electron chi connectivity index (χ0n) is 14.5. The maximum absolute atomic E-state index is 12.3. The van der Waals surface area contributed by atoms with E-state index >= 15 is 0 Å². The highest BCUT2D eigenvalue weighted by molar-refractivity contribution is 8.00. The van der Waals surface area contributed by atoms with Crippen LogP contribution < -0.4 is 4.74 Å². The van der Waals surface area contributed by atoms with Gasteiger partial charge in [0.1, 0.15) is 11.1 Å². The number of thioether (sulfide) groups is 1. The lowest BCUT2D eigenvalue weighted by Gasteiger charge is -2.27. The van der Waals surface area contributed by atoms with E-state index in [0.717, 1.165) is 43.9 Å². The molecule has 1 aliphatic heterocycles. The van der Waals surface area contributed by atoms with Crippen LogP contribution in [0.4, 0.5) is 0 Å². The van der Waals surface area contributed by atoms with Crippen LogP contribution in [0.2, 0.25) is 0 Å². The standard InChI is InChI=1S/C18H28N2O2S/c1-4-19(5-2)12-9-13-20-17(21)14-23-18(20)15-10-7-8-11-16(15)22-6-3/h7-8,10-11,18H,4-6,9,12-14H2,1-3H3. The van der Waals surface area contributed by atoms with E-state index in [1.807, 2.05) is 30.0 Å². The van der Waals surface area contributed by atoms with Crippen molar-refractivity contribution in [3.05, 3.63) is 29.8 Å². The fraction of sp³-hybridized carbons (Fsp3) is 0.611. The zero-order chi connectivity index (χ0) is 16.7. The Hall–Kier alpha value is -1.20. The van der Waals surface area contributed by atoms with E-state index in [4.69, 9.17) is 4.74 Å². The van der Waals surface area contributed by atoms with E-state index in [-0.39, 0.29) is 11.3 Å². The number of hydrogen-bond donors (Lipinski definition) is 0. The molecule has 1 unspecified atom stereocenters. The van der Waals surface area contributed by atoms with E-state index in [9.17, 15) is 4.79 Å². The Morgan fingerprint density at radius 1 is 1.26 bits per heavy atom. The van der Waals surface area contributed by atoms with E-state index in [1.165, 1.54) is 0 Å². The number of hydrogen-bond acceptors (Lipinski definition) is 4. The molecule has 5 heteroatoms. The lowest BCUT2D eigenvalue weighted by molar-refractivity contribution is -0.128. The van der Waals surface area contributed by atoms with Gasteiger partial charge in [-0.15, -0.1) is 11.8 Å². The van der Waals surface area contributed by atoms with Gasteiger partial charge in [-0.3, -0.25) is 4.79 Å². The van der Waals surface area contributed by atoms with Gasteiger partial charge in [0.05, 0.1) is 12.4 Å². The topological polar surface area (TPSA) is 32.8 Å². The van der Waals surface area contributed by atoms with Crippen molar-refractivity contribution in [2.45, 2.75) is 32.6 Å². The van der Waals surface area contributed by atoms with Crippen LogP contribution in [0.3, 0.4) is 0 Å². The minimum Gasteiger partial charge on any atom is -0.493 e. The fourth-order valence-electron chi connectivity index (χ4n) is 2.93. The predicted octanol–water partition coefficient (Wildman–Crippen LogP) is 3.39. The summed E-state index contributed by atoms with van der Waals surface area (Å²) in [7, 11) is 0. The fourth-order valence-corrected chi connectivity index (χ4v) is 4.17. The molecule has 0 saturated carbocycles. The highest BCUT2D eigenvalue weighted by atomic mass is 32.2. The second-order valence-corrected chi connectivity index (χ2v) is 6.67. The van der Waals surface area contributed by atoms with Crippen molar-refractivity contribution in [2.24, 2.45) is 0 Å². The molecule has 0 spiro atoms. The third-order valence-corrected chi connectivity index (χ3v) is 5.46. The third-order valence-electron chi connectivity index (χ3n) is 4.22. The maximum Gasteiger partial charge on any atom is 0.233 e. The first kappa shape index (κ1) is 18.1. The molecule has 1 amide bonds. The number of carbonyl (C=O) groups excluding carboxylic acids is 1. The minimum atomic E-state index is 0.0851. The number of para-hydroxylation sites is 1. The van der Waals surface area contributed by atoms with E-state index in [0.29, 0.717) is 12.4 Å². The molecule has 1 aliphatic rings. The van der Waals surface area contributed by atoms with Crippen molar-refractivity contribution < 1.29 is 9.53 Å². The Morgan fingerprint density at radius 3 is 2.70 bits per heavy atom. The Morgan fingerprint density at radius 2 is 2.00 bits per heavy atom. The first-order valence-electron chi connectivity index (χ1n) is 8.56. The lowest BCUT2D eigenvalue weighted by atomic mass is 10.1.